The summed E-state index contributed by atoms with van der Waals surface area (Å²) in [4.78, 5) is 10.7. The van der Waals surface area contributed by atoms with Crippen LogP contribution in [0.1, 0.15) is 18.4 Å². The molecule has 0 aliphatic carbocycles. The number of aryl methyl sites for hydroxylation is 1. The van der Waals surface area contributed by atoms with Gasteiger partial charge in [-0.1, -0.05) is 0 Å². The monoisotopic (exact) mass is 282 g/mol. The number of benzene rings is 1. The van der Waals surface area contributed by atoms with Crippen molar-refractivity contribution in [1.82, 2.24) is 0 Å². The van der Waals surface area contributed by atoms with Crippen LogP contribution in [0, 0.1) is 0 Å². The first-order chi connectivity index (χ1) is 9.69. The highest BCUT2D eigenvalue weighted by Crippen LogP contribution is 2.38. The Hall–Kier alpha value is -1.75. The molecule has 5 nitrogen and oxygen atoms in total. The fraction of sp³-hybridized carbons (Fsp3) is 0.533. The summed E-state index contributed by atoms with van der Waals surface area (Å²) < 4.78 is 20.9. The average Bonchev–Trinajstić information content (AvgIpc) is 2.50. The van der Waals surface area contributed by atoms with Crippen molar-refractivity contribution in [3.63, 3.8) is 0 Å². The number of carbonyl (C=O) groups is 1. The Morgan fingerprint density at radius 2 is 1.65 bits per heavy atom. The van der Waals surface area contributed by atoms with Crippen molar-refractivity contribution >= 4 is 6.29 Å². The van der Waals surface area contributed by atoms with Gasteiger partial charge in [-0.05, 0) is 37.0 Å². The van der Waals surface area contributed by atoms with E-state index >= 15 is 0 Å². The van der Waals surface area contributed by atoms with Crippen LogP contribution in [0.2, 0.25) is 0 Å². The zero-order chi connectivity index (χ0) is 15.0. The van der Waals surface area contributed by atoms with Crippen molar-refractivity contribution in [2.75, 3.05) is 28.4 Å². The minimum absolute atomic E-state index is 0.336. The molecule has 0 aromatic heterocycles. The molecule has 0 amide bonds. The first-order valence-corrected chi connectivity index (χ1v) is 6.47. The lowest BCUT2D eigenvalue weighted by atomic mass is 10.0. The summed E-state index contributed by atoms with van der Waals surface area (Å²) in [6.45, 7) is 0. The third kappa shape index (κ3) is 4.13. The molecular formula is C15H22O5. The fourth-order valence-corrected chi connectivity index (χ4v) is 2.03. The molecule has 5 heteroatoms. The molecule has 0 fully saturated rings. The number of ether oxygens (including phenoxy) is 4. The Morgan fingerprint density at radius 1 is 1.05 bits per heavy atom. The molecule has 1 aromatic carbocycles. The Labute approximate surface area is 119 Å². The van der Waals surface area contributed by atoms with Gasteiger partial charge in [0.05, 0.1) is 21.3 Å². The van der Waals surface area contributed by atoms with E-state index in [-0.39, 0.29) is 6.10 Å². The van der Waals surface area contributed by atoms with Gasteiger partial charge >= 0.3 is 0 Å². The summed E-state index contributed by atoms with van der Waals surface area (Å²) in [7, 11) is 6.30. The van der Waals surface area contributed by atoms with Crippen LogP contribution in [0.25, 0.3) is 0 Å². The van der Waals surface area contributed by atoms with E-state index in [9.17, 15) is 4.79 Å². The Kier molecular flexibility index (Phi) is 6.87. The molecule has 20 heavy (non-hydrogen) atoms. The maximum atomic E-state index is 10.7. The Morgan fingerprint density at radius 3 is 2.05 bits per heavy atom. The number of carbonyl (C=O) groups excluding carboxylic acids is 1. The van der Waals surface area contributed by atoms with E-state index in [0.29, 0.717) is 23.7 Å². The molecule has 1 atom stereocenters. The van der Waals surface area contributed by atoms with E-state index in [1.807, 2.05) is 12.1 Å². The molecule has 0 heterocycles. The van der Waals surface area contributed by atoms with Gasteiger partial charge in [-0.15, -0.1) is 0 Å². The van der Waals surface area contributed by atoms with Crippen LogP contribution in [0.3, 0.4) is 0 Å². The smallest absolute Gasteiger partial charge is 0.203 e. The molecule has 0 radical (unpaired) electrons. The quantitative estimate of drug-likeness (QED) is 0.650. The number of hydrogen-bond donors (Lipinski definition) is 0. The van der Waals surface area contributed by atoms with Crippen molar-refractivity contribution in [3.8, 4) is 17.2 Å². The maximum absolute atomic E-state index is 10.7. The maximum Gasteiger partial charge on any atom is 0.203 e. The van der Waals surface area contributed by atoms with Gasteiger partial charge < -0.3 is 23.7 Å². The number of hydrogen-bond acceptors (Lipinski definition) is 5. The first-order valence-electron chi connectivity index (χ1n) is 6.47. The van der Waals surface area contributed by atoms with Gasteiger partial charge in [0.2, 0.25) is 5.75 Å². The van der Waals surface area contributed by atoms with Crippen LogP contribution >= 0.6 is 0 Å². The molecule has 0 N–H and O–H groups in total. The van der Waals surface area contributed by atoms with E-state index in [1.54, 1.807) is 28.4 Å². The van der Waals surface area contributed by atoms with Gasteiger partial charge in [-0.25, -0.2) is 0 Å². The molecule has 1 unspecified atom stereocenters. The molecule has 0 saturated carbocycles. The number of methoxy groups -OCH3 is 4. The van der Waals surface area contributed by atoms with Crippen LogP contribution in [-0.4, -0.2) is 40.8 Å². The zero-order valence-electron chi connectivity index (χ0n) is 12.5. The first kappa shape index (κ1) is 16.3. The summed E-state index contributed by atoms with van der Waals surface area (Å²) in [5, 5.41) is 0. The third-order valence-electron chi connectivity index (χ3n) is 3.13. The average molecular weight is 282 g/mol. The van der Waals surface area contributed by atoms with Crippen molar-refractivity contribution in [2.45, 2.75) is 25.4 Å². The third-order valence-corrected chi connectivity index (χ3v) is 3.13. The van der Waals surface area contributed by atoms with E-state index in [4.69, 9.17) is 18.9 Å². The van der Waals surface area contributed by atoms with E-state index in [2.05, 4.69) is 0 Å². The highest BCUT2D eigenvalue weighted by Gasteiger charge is 2.13. The van der Waals surface area contributed by atoms with Crippen molar-refractivity contribution in [1.29, 1.82) is 0 Å². The normalized spacial score (nSPS) is 11.8. The standard InChI is InChI=1S/C15H22O5/c1-17-12(10-16)7-5-6-11-8-13(18-2)15(20-4)14(9-11)19-3/h8-10,12H,5-7H2,1-4H3. The van der Waals surface area contributed by atoms with Crippen LogP contribution in [0.5, 0.6) is 17.2 Å². The number of aldehydes is 1. The molecule has 0 aliphatic heterocycles. The van der Waals surface area contributed by atoms with Crippen LogP contribution in [0.15, 0.2) is 12.1 Å². The lowest BCUT2D eigenvalue weighted by Crippen LogP contribution is -2.11. The molecule has 0 saturated heterocycles. The van der Waals surface area contributed by atoms with Gasteiger partial charge in [0.25, 0.3) is 0 Å². The van der Waals surface area contributed by atoms with Gasteiger partial charge in [-0.2, -0.15) is 0 Å². The second-order valence-electron chi connectivity index (χ2n) is 4.34. The highest BCUT2D eigenvalue weighted by molar-refractivity contribution is 5.56. The summed E-state index contributed by atoms with van der Waals surface area (Å²) in [6, 6.07) is 3.84. The minimum atomic E-state index is -0.336. The molecular weight excluding hydrogens is 260 g/mol. The lowest BCUT2D eigenvalue weighted by Gasteiger charge is -2.14. The Bertz CT molecular complexity index is 405. The topological polar surface area (TPSA) is 54.0 Å². The van der Waals surface area contributed by atoms with Crippen molar-refractivity contribution < 1.29 is 23.7 Å². The summed E-state index contributed by atoms with van der Waals surface area (Å²) in [5.41, 5.74) is 1.07. The van der Waals surface area contributed by atoms with Crippen LogP contribution in [0.4, 0.5) is 0 Å². The minimum Gasteiger partial charge on any atom is -0.493 e. The molecule has 112 valence electrons. The fourth-order valence-electron chi connectivity index (χ4n) is 2.03. The molecule has 0 spiro atoms. The van der Waals surface area contributed by atoms with E-state index in [1.165, 1.54) is 0 Å². The van der Waals surface area contributed by atoms with Crippen LogP contribution < -0.4 is 14.2 Å². The summed E-state index contributed by atoms with van der Waals surface area (Å²) in [6.07, 6.45) is 2.84. The van der Waals surface area contributed by atoms with Crippen LogP contribution in [-0.2, 0) is 16.0 Å². The predicted octanol–water partition coefficient (Wildman–Crippen LogP) is 2.25. The second-order valence-corrected chi connectivity index (χ2v) is 4.34. The predicted molar refractivity (Wildman–Crippen MR) is 75.9 cm³/mol. The van der Waals surface area contributed by atoms with Crippen molar-refractivity contribution in [3.05, 3.63) is 17.7 Å². The molecule has 0 aliphatic rings. The highest BCUT2D eigenvalue weighted by atomic mass is 16.5. The Balaban J connectivity index is 2.78. The lowest BCUT2D eigenvalue weighted by molar-refractivity contribution is -0.116. The zero-order valence-corrected chi connectivity index (χ0v) is 12.5. The molecule has 1 aromatic rings. The van der Waals surface area contributed by atoms with Gasteiger partial charge in [0.15, 0.2) is 11.5 Å². The SMILES string of the molecule is COc1cc(CCCC(C=O)OC)cc(OC)c1OC. The van der Waals surface area contributed by atoms with E-state index < -0.39 is 0 Å². The van der Waals surface area contributed by atoms with E-state index in [0.717, 1.165) is 24.7 Å². The molecule has 1 rings (SSSR count). The largest absolute Gasteiger partial charge is 0.493 e. The summed E-state index contributed by atoms with van der Waals surface area (Å²) >= 11 is 0. The molecule has 0 bridgehead atoms. The van der Waals surface area contributed by atoms with Crippen molar-refractivity contribution in [2.24, 2.45) is 0 Å². The van der Waals surface area contributed by atoms with Gasteiger partial charge in [0, 0.05) is 7.11 Å². The van der Waals surface area contributed by atoms with Gasteiger partial charge in [0.1, 0.15) is 12.4 Å². The summed E-state index contributed by atoms with van der Waals surface area (Å²) in [5.74, 6) is 1.86. The number of rotatable bonds is 9. The van der Waals surface area contributed by atoms with Gasteiger partial charge in [-0.3, -0.25) is 0 Å². The second kappa shape index (κ2) is 8.43.